The SMILES string of the molecule is CCCCCCCCCCCCSC(N)(CCCC)CCCC. The molecule has 0 aliphatic heterocycles. The highest BCUT2D eigenvalue weighted by Crippen LogP contribution is 2.31. The lowest BCUT2D eigenvalue weighted by Crippen LogP contribution is -2.36. The summed E-state index contributed by atoms with van der Waals surface area (Å²) in [5.74, 6) is 1.26. The van der Waals surface area contributed by atoms with Gasteiger partial charge < -0.3 is 5.73 Å². The number of nitrogens with two attached hydrogens (primary N) is 1. The van der Waals surface area contributed by atoms with Crippen LogP contribution in [-0.2, 0) is 0 Å². The van der Waals surface area contributed by atoms with Gasteiger partial charge in [0.25, 0.3) is 0 Å². The molecule has 0 aliphatic carbocycles. The molecule has 140 valence electrons. The molecule has 23 heavy (non-hydrogen) atoms. The third-order valence-electron chi connectivity index (χ3n) is 4.79. The summed E-state index contributed by atoms with van der Waals surface area (Å²) in [4.78, 5) is 0.0608. The molecule has 2 heteroatoms. The number of hydrogen-bond donors (Lipinski definition) is 1. The van der Waals surface area contributed by atoms with E-state index in [0.717, 1.165) is 0 Å². The molecule has 0 aromatic rings. The third kappa shape index (κ3) is 15.6. The van der Waals surface area contributed by atoms with Crippen molar-refractivity contribution in [2.75, 3.05) is 5.75 Å². The molecule has 0 spiro atoms. The van der Waals surface area contributed by atoms with Gasteiger partial charge in [0.15, 0.2) is 0 Å². The second-order valence-corrected chi connectivity index (χ2v) is 8.81. The molecule has 0 fully saturated rings. The van der Waals surface area contributed by atoms with Crippen LogP contribution in [0.4, 0.5) is 0 Å². The maximum atomic E-state index is 6.65. The fourth-order valence-electron chi connectivity index (χ4n) is 3.09. The van der Waals surface area contributed by atoms with Crippen LogP contribution in [0.1, 0.15) is 124 Å². The monoisotopic (exact) mass is 343 g/mol. The zero-order valence-electron chi connectivity index (χ0n) is 16.5. The van der Waals surface area contributed by atoms with Crippen LogP contribution in [0.3, 0.4) is 0 Å². The first-order valence-electron chi connectivity index (χ1n) is 10.6. The van der Waals surface area contributed by atoms with Crippen LogP contribution in [0.25, 0.3) is 0 Å². The highest BCUT2D eigenvalue weighted by molar-refractivity contribution is 8.00. The van der Waals surface area contributed by atoms with E-state index in [0.29, 0.717) is 0 Å². The maximum absolute atomic E-state index is 6.65. The van der Waals surface area contributed by atoms with Gasteiger partial charge in [0, 0.05) is 0 Å². The van der Waals surface area contributed by atoms with Gasteiger partial charge >= 0.3 is 0 Å². The van der Waals surface area contributed by atoms with E-state index in [4.69, 9.17) is 5.73 Å². The first-order valence-corrected chi connectivity index (χ1v) is 11.6. The molecule has 0 rings (SSSR count). The zero-order chi connectivity index (χ0) is 17.2. The first-order chi connectivity index (χ1) is 11.2. The summed E-state index contributed by atoms with van der Waals surface area (Å²) in [6.07, 6.45) is 21.7. The largest absolute Gasteiger partial charge is 0.317 e. The minimum Gasteiger partial charge on any atom is -0.317 e. The summed E-state index contributed by atoms with van der Waals surface area (Å²) in [5, 5.41) is 0. The second kappa shape index (κ2) is 17.1. The number of hydrogen-bond acceptors (Lipinski definition) is 2. The Labute approximate surface area is 152 Å². The lowest BCUT2D eigenvalue weighted by molar-refractivity contribution is 0.477. The maximum Gasteiger partial charge on any atom is 0.0620 e. The molecule has 0 aromatic carbocycles. The van der Waals surface area contributed by atoms with Gasteiger partial charge in [-0.25, -0.2) is 0 Å². The van der Waals surface area contributed by atoms with E-state index in [-0.39, 0.29) is 4.87 Å². The summed E-state index contributed by atoms with van der Waals surface area (Å²) in [7, 11) is 0. The van der Waals surface area contributed by atoms with Crippen molar-refractivity contribution in [2.24, 2.45) is 5.73 Å². The van der Waals surface area contributed by atoms with E-state index in [1.165, 1.54) is 108 Å². The third-order valence-corrected chi connectivity index (χ3v) is 6.27. The molecule has 2 N–H and O–H groups in total. The summed E-state index contributed by atoms with van der Waals surface area (Å²) in [5.41, 5.74) is 6.65. The second-order valence-electron chi connectivity index (χ2n) is 7.30. The van der Waals surface area contributed by atoms with Gasteiger partial charge in [-0.2, -0.15) is 0 Å². The number of unbranched alkanes of at least 4 members (excludes halogenated alkanes) is 11. The van der Waals surface area contributed by atoms with E-state index in [2.05, 4.69) is 32.5 Å². The summed E-state index contributed by atoms with van der Waals surface area (Å²) < 4.78 is 0. The molecular weight excluding hydrogens is 298 g/mol. The van der Waals surface area contributed by atoms with Crippen molar-refractivity contribution in [1.82, 2.24) is 0 Å². The van der Waals surface area contributed by atoms with Gasteiger partial charge in [0.2, 0.25) is 0 Å². The lowest BCUT2D eigenvalue weighted by atomic mass is 10.0. The molecule has 0 amide bonds. The van der Waals surface area contributed by atoms with E-state index in [9.17, 15) is 0 Å². The Morgan fingerprint density at radius 1 is 0.565 bits per heavy atom. The van der Waals surface area contributed by atoms with Crippen molar-refractivity contribution >= 4 is 11.8 Å². The molecule has 0 aliphatic rings. The van der Waals surface area contributed by atoms with E-state index < -0.39 is 0 Å². The molecule has 0 aromatic heterocycles. The van der Waals surface area contributed by atoms with Gasteiger partial charge in [-0.3, -0.25) is 0 Å². The van der Waals surface area contributed by atoms with E-state index >= 15 is 0 Å². The van der Waals surface area contributed by atoms with Crippen LogP contribution in [0.15, 0.2) is 0 Å². The fraction of sp³-hybridized carbons (Fsp3) is 1.00. The highest BCUT2D eigenvalue weighted by Gasteiger charge is 2.23. The van der Waals surface area contributed by atoms with E-state index in [1.807, 2.05) is 0 Å². The van der Waals surface area contributed by atoms with Crippen LogP contribution in [0.2, 0.25) is 0 Å². The predicted molar refractivity (Wildman–Crippen MR) is 110 cm³/mol. The lowest BCUT2D eigenvalue weighted by Gasteiger charge is -2.29. The quantitative estimate of drug-likeness (QED) is 0.204. The molecule has 0 atom stereocenters. The minimum atomic E-state index is 0.0608. The minimum absolute atomic E-state index is 0.0608. The normalized spacial score (nSPS) is 12.0. The predicted octanol–water partition coefficient (Wildman–Crippen LogP) is 7.68. The molecule has 0 unspecified atom stereocenters. The molecule has 1 nitrogen and oxygen atoms in total. The van der Waals surface area contributed by atoms with Crippen LogP contribution < -0.4 is 5.73 Å². The van der Waals surface area contributed by atoms with Crippen molar-refractivity contribution in [3.05, 3.63) is 0 Å². The Balaban J connectivity index is 3.54. The van der Waals surface area contributed by atoms with Crippen molar-refractivity contribution in [2.45, 2.75) is 128 Å². The molecule has 0 radical (unpaired) electrons. The highest BCUT2D eigenvalue weighted by atomic mass is 32.2. The smallest absolute Gasteiger partial charge is 0.0620 e. The Kier molecular flexibility index (Phi) is 17.4. The van der Waals surface area contributed by atoms with Crippen molar-refractivity contribution in [3.63, 3.8) is 0 Å². The van der Waals surface area contributed by atoms with Gasteiger partial charge in [-0.15, -0.1) is 11.8 Å². The fourth-order valence-corrected chi connectivity index (χ4v) is 4.42. The molecule has 0 bridgehead atoms. The topological polar surface area (TPSA) is 26.0 Å². The van der Waals surface area contributed by atoms with Crippen LogP contribution in [-0.4, -0.2) is 10.6 Å². The summed E-state index contributed by atoms with van der Waals surface area (Å²) in [6.45, 7) is 6.83. The molecular formula is C21H45NS. The number of rotatable bonds is 18. The van der Waals surface area contributed by atoms with Crippen LogP contribution >= 0.6 is 11.8 Å². The van der Waals surface area contributed by atoms with Crippen molar-refractivity contribution < 1.29 is 0 Å². The summed E-state index contributed by atoms with van der Waals surface area (Å²) >= 11 is 2.06. The van der Waals surface area contributed by atoms with Crippen LogP contribution in [0.5, 0.6) is 0 Å². The molecule has 0 heterocycles. The average Bonchev–Trinajstić information content (AvgIpc) is 2.56. The van der Waals surface area contributed by atoms with Crippen LogP contribution in [0, 0.1) is 0 Å². The Morgan fingerprint density at radius 2 is 0.957 bits per heavy atom. The first kappa shape index (κ1) is 23.3. The standard InChI is InChI=1S/C21H45NS/c1-4-7-10-11-12-13-14-15-16-17-20-23-21(22,18-8-5-2)19-9-6-3/h4-20,22H2,1-3H3. The van der Waals surface area contributed by atoms with Gasteiger partial charge in [0.1, 0.15) is 0 Å². The average molecular weight is 344 g/mol. The van der Waals surface area contributed by atoms with Crippen molar-refractivity contribution in [3.8, 4) is 0 Å². The summed E-state index contributed by atoms with van der Waals surface area (Å²) in [6, 6.07) is 0. The van der Waals surface area contributed by atoms with Gasteiger partial charge in [0.05, 0.1) is 4.87 Å². The zero-order valence-corrected chi connectivity index (χ0v) is 17.3. The Morgan fingerprint density at radius 3 is 1.39 bits per heavy atom. The Bertz CT molecular complexity index is 222. The molecule has 0 saturated carbocycles. The van der Waals surface area contributed by atoms with Gasteiger partial charge in [-0.1, -0.05) is 104 Å². The van der Waals surface area contributed by atoms with E-state index in [1.54, 1.807) is 0 Å². The van der Waals surface area contributed by atoms with Crippen molar-refractivity contribution in [1.29, 1.82) is 0 Å². The molecule has 0 saturated heterocycles. The Hall–Kier alpha value is 0.310. The number of thioether (sulfide) groups is 1. The van der Waals surface area contributed by atoms with Gasteiger partial charge in [-0.05, 0) is 25.0 Å².